The smallest absolute Gasteiger partial charge is 0.288 e. The summed E-state index contributed by atoms with van der Waals surface area (Å²) in [5, 5.41) is 16.2. The number of pyridine rings is 1. The Labute approximate surface area is 120 Å². The van der Waals surface area contributed by atoms with Gasteiger partial charge >= 0.3 is 0 Å². The van der Waals surface area contributed by atoms with Crippen molar-refractivity contribution in [3.05, 3.63) is 52.1 Å². The third kappa shape index (κ3) is 3.56. The van der Waals surface area contributed by atoms with Gasteiger partial charge in [0.05, 0.1) is 16.7 Å². The minimum absolute atomic E-state index is 0.131. The van der Waals surface area contributed by atoms with E-state index in [1.807, 2.05) is 0 Å². The van der Waals surface area contributed by atoms with Crippen LogP contribution in [0.25, 0.3) is 0 Å². The number of hydrogen-bond donors (Lipinski definition) is 2. The molecule has 0 aliphatic carbocycles. The van der Waals surface area contributed by atoms with Gasteiger partial charge in [-0.15, -0.1) is 0 Å². The fourth-order valence-corrected chi connectivity index (χ4v) is 1.78. The van der Waals surface area contributed by atoms with E-state index >= 15 is 0 Å². The molecule has 110 valence electrons. The Balaban J connectivity index is 2.06. The number of furan rings is 1. The van der Waals surface area contributed by atoms with Crippen molar-refractivity contribution < 1.29 is 14.1 Å². The summed E-state index contributed by atoms with van der Waals surface area (Å²) in [6, 6.07) is 4.77. The van der Waals surface area contributed by atoms with E-state index in [4.69, 9.17) is 4.42 Å². The first-order valence-corrected chi connectivity index (χ1v) is 6.24. The summed E-state index contributed by atoms with van der Waals surface area (Å²) in [6.45, 7) is 0.359. The Kier molecular flexibility index (Phi) is 4.50. The number of carbonyl (C=O) groups is 1. The summed E-state index contributed by atoms with van der Waals surface area (Å²) in [7, 11) is 1.59. The molecule has 0 fully saturated rings. The van der Waals surface area contributed by atoms with Crippen LogP contribution in [0, 0.1) is 10.1 Å². The predicted molar refractivity (Wildman–Crippen MR) is 75.2 cm³/mol. The number of anilines is 1. The average Bonchev–Trinajstić information content (AvgIpc) is 2.99. The summed E-state index contributed by atoms with van der Waals surface area (Å²) in [5.74, 6) is 0.611. The lowest BCUT2D eigenvalue weighted by Crippen LogP contribution is -2.26. The summed E-state index contributed by atoms with van der Waals surface area (Å²) in [4.78, 5) is 26.1. The predicted octanol–water partition coefficient (Wildman–Crippen LogP) is 1.60. The van der Waals surface area contributed by atoms with E-state index in [-0.39, 0.29) is 17.1 Å². The molecule has 1 amide bonds. The van der Waals surface area contributed by atoms with Gasteiger partial charge < -0.3 is 15.1 Å². The topological polar surface area (TPSA) is 110 Å². The van der Waals surface area contributed by atoms with Crippen molar-refractivity contribution in [2.45, 2.75) is 6.42 Å². The van der Waals surface area contributed by atoms with E-state index < -0.39 is 10.8 Å². The molecule has 0 saturated carbocycles. The van der Waals surface area contributed by atoms with E-state index in [1.165, 1.54) is 6.07 Å². The quantitative estimate of drug-likeness (QED) is 0.617. The van der Waals surface area contributed by atoms with Crippen molar-refractivity contribution in [3.8, 4) is 0 Å². The fraction of sp³-hybridized carbons (Fsp3) is 0.231. The van der Waals surface area contributed by atoms with Gasteiger partial charge in [0.15, 0.2) is 0 Å². The average molecular weight is 290 g/mol. The lowest BCUT2D eigenvalue weighted by Gasteiger charge is -2.08. The van der Waals surface area contributed by atoms with Crippen LogP contribution in [0.5, 0.6) is 0 Å². The van der Waals surface area contributed by atoms with Crippen molar-refractivity contribution in [2.75, 3.05) is 18.9 Å². The minimum Gasteiger partial charge on any atom is -0.469 e. The maximum Gasteiger partial charge on any atom is 0.288 e. The number of nitro groups is 1. The number of nitrogens with one attached hydrogen (secondary N) is 2. The zero-order valence-corrected chi connectivity index (χ0v) is 11.3. The monoisotopic (exact) mass is 290 g/mol. The molecular weight excluding hydrogens is 276 g/mol. The van der Waals surface area contributed by atoms with Gasteiger partial charge in [-0.1, -0.05) is 0 Å². The molecule has 21 heavy (non-hydrogen) atoms. The Bertz CT molecular complexity index is 640. The van der Waals surface area contributed by atoms with E-state index in [0.717, 1.165) is 12.0 Å². The highest BCUT2D eigenvalue weighted by molar-refractivity contribution is 5.99. The minimum atomic E-state index is -0.591. The van der Waals surface area contributed by atoms with Gasteiger partial charge in [0.2, 0.25) is 0 Å². The van der Waals surface area contributed by atoms with Gasteiger partial charge in [0, 0.05) is 26.1 Å². The highest BCUT2D eigenvalue weighted by atomic mass is 16.6. The summed E-state index contributed by atoms with van der Waals surface area (Å²) in [6.07, 6.45) is 3.20. The molecule has 0 radical (unpaired) electrons. The van der Waals surface area contributed by atoms with Crippen LogP contribution in [0.1, 0.15) is 16.1 Å². The molecule has 0 unspecified atom stereocenters. The van der Waals surface area contributed by atoms with Crippen LogP contribution in [0.4, 0.5) is 11.5 Å². The molecule has 0 spiro atoms. The van der Waals surface area contributed by atoms with E-state index in [0.29, 0.717) is 13.0 Å². The van der Waals surface area contributed by atoms with Gasteiger partial charge in [0.1, 0.15) is 17.8 Å². The molecular formula is C13H14N4O4. The SMILES string of the molecule is CNc1ncc([N+](=O)[O-])cc1C(=O)NCCc1ccco1. The second-order valence-corrected chi connectivity index (χ2v) is 4.18. The van der Waals surface area contributed by atoms with E-state index in [1.54, 1.807) is 25.4 Å². The first-order chi connectivity index (χ1) is 10.1. The van der Waals surface area contributed by atoms with Gasteiger partial charge in [-0.3, -0.25) is 14.9 Å². The van der Waals surface area contributed by atoms with Crippen molar-refractivity contribution in [2.24, 2.45) is 0 Å². The Morgan fingerprint density at radius 2 is 2.33 bits per heavy atom. The molecule has 0 aliphatic heterocycles. The van der Waals surface area contributed by atoms with Crippen molar-refractivity contribution >= 4 is 17.4 Å². The molecule has 2 aromatic heterocycles. The normalized spacial score (nSPS) is 10.1. The molecule has 2 aromatic rings. The lowest BCUT2D eigenvalue weighted by molar-refractivity contribution is -0.385. The summed E-state index contributed by atoms with van der Waals surface area (Å²) >= 11 is 0. The van der Waals surface area contributed by atoms with Crippen LogP contribution >= 0.6 is 0 Å². The standard InChI is InChI=1S/C13H14N4O4/c1-14-12-11(7-9(8-16-12)17(19)20)13(18)15-5-4-10-3-2-6-21-10/h2-3,6-8H,4-5H2,1H3,(H,14,16)(H,15,18). The first kappa shape index (κ1) is 14.5. The molecule has 0 saturated heterocycles. The maximum absolute atomic E-state index is 12.1. The van der Waals surface area contributed by atoms with E-state index in [9.17, 15) is 14.9 Å². The second-order valence-electron chi connectivity index (χ2n) is 4.18. The Morgan fingerprint density at radius 3 is 2.95 bits per heavy atom. The van der Waals surface area contributed by atoms with Gasteiger partial charge in [-0.2, -0.15) is 0 Å². The summed E-state index contributed by atoms with van der Waals surface area (Å²) in [5.41, 5.74) is -0.101. The van der Waals surface area contributed by atoms with Gasteiger partial charge in [0.25, 0.3) is 11.6 Å². The zero-order chi connectivity index (χ0) is 15.2. The highest BCUT2D eigenvalue weighted by Crippen LogP contribution is 2.18. The molecule has 2 heterocycles. The number of hydrogen-bond acceptors (Lipinski definition) is 6. The van der Waals surface area contributed by atoms with Crippen LogP contribution < -0.4 is 10.6 Å². The fourth-order valence-electron chi connectivity index (χ4n) is 1.78. The largest absolute Gasteiger partial charge is 0.469 e. The molecule has 2 N–H and O–H groups in total. The van der Waals surface area contributed by atoms with E-state index in [2.05, 4.69) is 15.6 Å². The molecule has 2 rings (SSSR count). The number of amides is 1. The summed E-state index contributed by atoms with van der Waals surface area (Å²) < 4.78 is 5.15. The second kappa shape index (κ2) is 6.51. The molecule has 8 nitrogen and oxygen atoms in total. The van der Waals surface area contributed by atoms with Crippen LogP contribution in [0.2, 0.25) is 0 Å². The molecule has 8 heteroatoms. The van der Waals surface area contributed by atoms with Crippen molar-refractivity contribution in [3.63, 3.8) is 0 Å². The lowest BCUT2D eigenvalue weighted by atomic mass is 10.2. The Morgan fingerprint density at radius 1 is 1.52 bits per heavy atom. The Hall–Kier alpha value is -2.90. The van der Waals surface area contributed by atoms with Crippen LogP contribution in [0.3, 0.4) is 0 Å². The van der Waals surface area contributed by atoms with Gasteiger partial charge in [-0.25, -0.2) is 4.98 Å². The van der Waals surface area contributed by atoms with Crippen LogP contribution in [-0.4, -0.2) is 29.4 Å². The molecule has 0 atom stereocenters. The molecule has 0 aliphatic rings. The third-order valence-corrected chi connectivity index (χ3v) is 2.80. The first-order valence-electron chi connectivity index (χ1n) is 6.24. The third-order valence-electron chi connectivity index (χ3n) is 2.80. The number of carbonyl (C=O) groups excluding carboxylic acids is 1. The van der Waals surface area contributed by atoms with Crippen LogP contribution in [-0.2, 0) is 6.42 Å². The maximum atomic E-state index is 12.1. The zero-order valence-electron chi connectivity index (χ0n) is 11.3. The number of nitrogens with zero attached hydrogens (tertiary/aromatic N) is 2. The molecule has 0 bridgehead atoms. The van der Waals surface area contributed by atoms with Crippen molar-refractivity contribution in [1.82, 2.24) is 10.3 Å². The highest BCUT2D eigenvalue weighted by Gasteiger charge is 2.17. The molecule has 0 aromatic carbocycles. The van der Waals surface area contributed by atoms with Crippen molar-refractivity contribution in [1.29, 1.82) is 0 Å². The van der Waals surface area contributed by atoms with Gasteiger partial charge in [-0.05, 0) is 12.1 Å². The van der Waals surface area contributed by atoms with Crippen LogP contribution in [0.15, 0.2) is 35.1 Å². The number of rotatable bonds is 6. The number of aromatic nitrogens is 1.